The summed E-state index contributed by atoms with van der Waals surface area (Å²) in [5.74, 6) is 0. The molecule has 108 valence electrons. The molecular weight excluding hydrogens is 224 g/mol. The standard InChI is InChI=1S/C15H32N2O/c1-13(2)16(5)11-15(4)18-12-14(3)17-9-7-6-8-10-17/h13-15H,6-12H2,1-5H3. The first-order chi connectivity index (χ1) is 8.50. The molecule has 1 aliphatic heterocycles. The van der Waals surface area contributed by atoms with Crippen molar-refractivity contribution in [1.82, 2.24) is 9.80 Å². The van der Waals surface area contributed by atoms with Crippen LogP contribution < -0.4 is 0 Å². The van der Waals surface area contributed by atoms with Crippen LogP contribution in [0.5, 0.6) is 0 Å². The molecule has 0 aromatic heterocycles. The minimum Gasteiger partial charge on any atom is -0.376 e. The predicted octanol–water partition coefficient (Wildman–Crippen LogP) is 2.61. The Hall–Kier alpha value is -0.120. The van der Waals surface area contributed by atoms with Gasteiger partial charge >= 0.3 is 0 Å². The van der Waals surface area contributed by atoms with E-state index >= 15 is 0 Å². The van der Waals surface area contributed by atoms with Crippen LogP contribution in [0.1, 0.15) is 47.0 Å². The molecule has 0 aromatic rings. The molecule has 0 N–H and O–H groups in total. The lowest BCUT2D eigenvalue weighted by molar-refractivity contribution is 0.000414. The van der Waals surface area contributed by atoms with Crippen molar-refractivity contribution in [3.8, 4) is 0 Å². The average molecular weight is 256 g/mol. The quantitative estimate of drug-likeness (QED) is 0.696. The van der Waals surface area contributed by atoms with Crippen molar-refractivity contribution in [2.24, 2.45) is 0 Å². The number of likely N-dealkylation sites (N-methyl/N-ethyl adjacent to an activating group) is 1. The summed E-state index contributed by atoms with van der Waals surface area (Å²) in [4.78, 5) is 4.92. The molecule has 1 rings (SSSR count). The Morgan fingerprint density at radius 2 is 1.67 bits per heavy atom. The molecule has 1 heterocycles. The first-order valence-electron chi connectivity index (χ1n) is 7.56. The first-order valence-corrected chi connectivity index (χ1v) is 7.56. The van der Waals surface area contributed by atoms with E-state index in [0.29, 0.717) is 18.2 Å². The smallest absolute Gasteiger partial charge is 0.0674 e. The fourth-order valence-corrected chi connectivity index (χ4v) is 2.44. The summed E-state index contributed by atoms with van der Waals surface area (Å²) in [6.07, 6.45) is 4.44. The molecule has 2 atom stereocenters. The zero-order valence-corrected chi connectivity index (χ0v) is 13.0. The number of ether oxygens (including phenoxy) is 1. The van der Waals surface area contributed by atoms with Crippen LogP contribution in [0.15, 0.2) is 0 Å². The van der Waals surface area contributed by atoms with Crippen LogP contribution in [0.4, 0.5) is 0 Å². The van der Waals surface area contributed by atoms with Crippen LogP contribution in [0.2, 0.25) is 0 Å². The third kappa shape index (κ3) is 5.68. The average Bonchev–Trinajstić information content (AvgIpc) is 2.36. The van der Waals surface area contributed by atoms with Gasteiger partial charge < -0.3 is 9.64 Å². The summed E-state index contributed by atoms with van der Waals surface area (Å²) in [6, 6.07) is 1.16. The largest absolute Gasteiger partial charge is 0.376 e. The van der Waals surface area contributed by atoms with Gasteiger partial charge in [-0.3, -0.25) is 4.90 Å². The van der Waals surface area contributed by atoms with E-state index in [1.165, 1.54) is 32.4 Å². The fourth-order valence-electron chi connectivity index (χ4n) is 2.44. The molecule has 3 nitrogen and oxygen atoms in total. The zero-order valence-electron chi connectivity index (χ0n) is 13.0. The van der Waals surface area contributed by atoms with Gasteiger partial charge in [-0.2, -0.15) is 0 Å². The van der Waals surface area contributed by atoms with Crippen molar-refractivity contribution in [1.29, 1.82) is 0 Å². The van der Waals surface area contributed by atoms with Crippen LogP contribution >= 0.6 is 0 Å². The minimum absolute atomic E-state index is 0.324. The number of nitrogens with zero attached hydrogens (tertiary/aromatic N) is 2. The highest BCUT2D eigenvalue weighted by Gasteiger charge is 2.18. The Labute approximate surface area is 113 Å². The van der Waals surface area contributed by atoms with E-state index in [2.05, 4.69) is 44.5 Å². The third-order valence-electron chi connectivity index (χ3n) is 4.06. The van der Waals surface area contributed by atoms with Gasteiger partial charge in [-0.25, -0.2) is 0 Å². The van der Waals surface area contributed by atoms with Gasteiger partial charge in [-0.05, 0) is 60.7 Å². The number of piperidine rings is 1. The van der Waals surface area contributed by atoms with Gasteiger partial charge in [0, 0.05) is 18.6 Å². The molecule has 2 unspecified atom stereocenters. The fraction of sp³-hybridized carbons (Fsp3) is 1.00. The second-order valence-electron chi connectivity index (χ2n) is 6.12. The Kier molecular flexibility index (Phi) is 7.20. The summed E-state index contributed by atoms with van der Waals surface area (Å²) in [6.45, 7) is 13.3. The van der Waals surface area contributed by atoms with Crippen LogP contribution in [0.3, 0.4) is 0 Å². The SMILES string of the molecule is CC(CN(C)C(C)C)OCC(C)N1CCCCC1. The van der Waals surface area contributed by atoms with Gasteiger partial charge in [-0.1, -0.05) is 6.42 Å². The maximum Gasteiger partial charge on any atom is 0.0674 e. The predicted molar refractivity (Wildman–Crippen MR) is 78.1 cm³/mol. The van der Waals surface area contributed by atoms with Crippen LogP contribution in [-0.4, -0.2) is 61.3 Å². The third-order valence-corrected chi connectivity index (χ3v) is 4.06. The van der Waals surface area contributed by atoms with Gasteiger partial charge in [0.1, 0.15) is 0 Å². The summed E-state index contributed by atoms with van der Waals surface area (Å²) in [5, 5.41) is 0. The van der Waals surface area contributed by atoms with E-state index < -0.39 is 0 Å². The van der Waals surface area contributed by atoms with Crippen molar-refractivity contribution in [3.63, 3.8) is 0 Å². The molecule has 0 spiro atoms. The highest BCUT2D eigenvalue weighted by Crippen LogP contribution is 2.12. The summed E-state index contributed by atoms with van der Waals surface area (Å²) >= 11 is 0. The Morgan fingerprint density at radius 3 is 2.22 bits per heavy atom. The van der Waals surface area contributed by atoms with Crippen molar-refractivity contribution in [3.05, 3.63) is 0 Å². The zero-order chi connectivity index (χ0) is 13.5. The molecule has 3 heteroatoms. The van der Waals surface area contributed by atoms with E-state index in [9.17, 15) is 0 Å². The number of likely N-dealkylation sites (tertiary alicyclic amines) is 1. The molecule has 0 saturated carbocycles. The van der Waals surface area contributed by atoms with Crippen molar-refractivity contribution < 1.29 is 4.74 Å². The second kappa shape index (κ2) is 8.13. The maximum atomic E-state index is 5.99. The lowest BCUT2D eigenvalue weighted by Crippen LogP contribution is -2.42. The van der Waals surface area contributed by atoms with Crippen molar-refractivity contribution in [2.75, 3.05) is 33.3 Å². The Morgan fingerprint density at radius 1 is 1.06 bits per heavy atom. The van der Waals surface area contributed by atoms with E-state index in [4.69, 9.17) is 4.74 Å². The molecule has 18 heavy (non-hydrogen) atoms. The van der Waals surface area contributed by atoms with Crippen LogP contribution in [0, 0.1) is 0 Å². The van der Waals surface area contributed by atoms with E-state index in [-0.39, 0.29) is 0 Å². The van der Waals surface area contributed by atoms with Gasteiger partial charge in [0.05, 0.1) is 12.7 Å². The number of hydrogen-bond donors (Lipinski definition) is 0. The number of hydrogen-bond acceptors (Lipinski definition) is 3. The molecule has 1 fully saturated rings. The van der Waals surface area contributed by atoms with Gasteiger partial charge in [0.25, 0.3) is 0 Å². The van der Waals surface area contributed by atoms with Crippen LogP contribution in [-0.2, 0) is 4.74 Å². The highest BCUT2D eigenvalue weighted by molar-refractivity contribution is 4.72. The Balaban J connectivity index is 2.18. The van der Waals surface area contributed by atoms with Crippen molar-refractivity contribution >= 4 is 0 Å². The lowest BCUT2D eigenvalue weighted by Gasteiger charge is -2.33. The molecule has 0 aromatic carbocycles. The topological polar surface area (TPSA) is 15.7 Å². The summed E-state index contributed by atoms with van der Waals surface area (Å²) in [7, 11) is 2.17. The van der Waals surface area contributed by atoms with Gasteiger partial charge in [0.2, 0.25) is 0 Å². The van der Waals surface area contributed by atoms with E-state index in [1.807, 2.05) is 0 Å². The summed E-state index contributed by atoms with van der Waals surface area (Å²) < 4.78 is 5.99. The van der Waals surface area contributed by atoms with Crippen LogP contribution in [0.25, 0.3) is 0 Å². The molecule has 0 bridgehead atoms. The molecule has 0 amide bonds. The van der Waals surface area contributed by atoms with E-state index in [1.54, 1.807) is 0 Å². The minimum atomic E-state index is 0.324. The first kappa shape index (κ1) is 15.9. The number of rotatable bonds is 7. The Bertz CT molecular complexity index is 215. The van der Waals surface area contributed by atoms with Gasteiger partial charge in [0.15, 0.2) is 0 Å². The highest BCUT2D eigenvalue weighted by atomic mass is 16.5. The lowest BCUT2D eigenvalue weighted by atomic mass is 10.1. The van der Waals surface area contributed by atoms with E-state index in [0.717, 1.165) is 13.2 Å². The van der Waals surface area contributed by atoms with Gasteiger partial charge in [-0.15, -0.1) is 0 Å². The maximum absolute atomic E-state index is 5.99. The second-order valence-corrected chi connectivity index (χ2v) is 6.12. The molecule has 0 aliphatic carbocycles. The molecular formula is C15H32N2O. The monoisotopic (exact) mass is 256 g/mol. The molecule has 1 aliphatic rings. The normalized spacial score (nSPS) is 21.5. The molecule has 0 radical (unpaired) electrons. The van der Waals surface area contributed by atoms with Crippen molar-refractivity contribution in [2.45, 2.75) is 65.1 Å². The summed E-state index contributed by atoms with van der Waals surface area (Å²) in [5.41, 5.74) is 0. The molecule has 1 saturated heterocycles.